The Kier molecular flexibility index (Phi) is 4.09. The Bertz CT molecular complexity index is 385. The number of rotatable bonds is 3. The van der Waals surface area contributed by atoms with E-state index in [2.05, 4.69) is 10.4 Å². The van der Waals surface area contributed by atoms with Gasteiger partial charge in [-0.25, -0.2) is 9.99 Å². The first kappa shape index (κ1) is 12.5. The molecule has 1 atom stereocenters. The Labute approximate surface area is 105 Å². The van der Waals surface area contributed by atoms with Gasteiger partial charge in [-0.1, -0.05) is 6.42 Å². The summed E-state index contributed by atoms with van der Waals surface area (Å²) in [5, 5.41) is 4.53. The van der Waals surface area contributed by atoms with Gasteiger partial charge in [0.25, 0.3) is 5.91 Å². The van der Waals surface area contributed by atoms with Gasteiger partial charge < -0.3 is 5.73 Å². The quantitative estimate of drug-likeness (QED) is 0.852. The first-order valence-electron chi connectivity index (χ1n) is 5.94. The second-order valence-corrected chi connectivity index (χ2v) is 5.24. The third-order valence-electron chi connectivity index (χ3n) is 2.76. The SMILES string of the molecule is CC(N)c1nc(C(=O)NN2CCCCC2)cs1. The van der Waals surface area contributed by atoms with Gasteiger partial charge in [0.2, 0.25) is 0 Å². The average molecular weight is 254 g/mol. The molecule has 1 amide bonds. The zero-order valence-corrected chi connectivity index (χ0v) is 10.8. The van der Waals surface area contributed by atoms with Crippen molar-refractivity contribution in [1.82, 2.24) is 15.4 Å². The number of nitrogens with one attached hydrogen (secondary N) is 1. The number of hydrogen-bond donors (Lipinski definition) is 2. The fourth-order valence-corrected chi connectivity index (χ4v) is 2.57. The number of hydrogen-bond acceptors (Lipinski definition) is 5. The van der Waals surface area contributed by atoms with Crippen molar-refractivity contribution in [2.75, 3.05) is 13.1 Å². The molecule has 0 aromatic carbocycles. The van der Waals surface area contributed by atoms with Gasteiger partial charge in [0.15, 0.2) is 0 Å². The standard InChI is InChI=1S/C11H18N4OS/c1-8(12)11-13-9(7-17-11)10(16)14-15-5-3-2-4-6-15/h7-8H,2-6,12H2,1H3,(H,14,16). The van der Waals surface area contributed by atoms with Gasteiger partial charge in [0.05, 0.1) is 6.04 Å². The van der Waals surface area contributed by atoms with E-state index in [1.54, 1.807) is 5.38 Å². The van der Waals surface area contributed by atoms with Crippen LogP contribution in [0.15, 0.2) is 5.38 Å². The van der Waals surface area contributed by atoms with Crippen LogP contribution >= 0.6 is 11.3 Å². The number of amides is 1. The lowest BCUT2D eigenvalue weighted by Crippen LogP contribution is -2.45. The largest absolute Gasteiger partial charge is 0.322 e. The molecule has 94 valence electrons. The summed E-state index contributed by atoms with van der Waals surface area (Å²) in [7, 11) is 0. The van der Waals surface area contributed by atoms with Gasteiger partial charge in [-0.3, -0.25) is 10.2 Å². The third kappa shape index (κ3) is 3.24. The summed E-state index contributed by atoms with van der Waals surface area (Å²) < 4.78 is 0. The van der Waals surface area contributed by atoms with Crippen LogP contribution in [0.1, 0.15) is 47.7 Å². The van der Waals surface area contributed by atoms with Crippen molar-refractivity contribution >= 4 is 17.2 Å². The van der Waals surface area contributed by atoms with E-state index in [1.807, 2.05) is 11.9 Å². The topological polar surface area (TPSA) is 71.2 Å². The molecule has 17 heavy (non-hydrogen) atoms. The van der Waals surface area contributed by atoms with E-state index in [4.69, 9.17) is 5.73 Å². The third-order valence-corrected chi connectivity index (χ3v) is 3.81. The van der Waals surface area contributed by atoms with Gasteiger partial charge in [-0.05, 0) is 19.8 Å². The molecular weight excluding hydrogens is 236 g/mol. The number of nitrogens with zero attached hydrogens (tertiary/aromatic N) is 2. The number of carbonyl (C=O) groups is 1. The van der Waals surface area contributed by atoms with Crippen molar-refractivity contribution in [3.8, 4) is 0 Å². The van der Waals surface area contributed by atoms with E-state index < -0.39 is 0 Å². The number of thiazole rings is 1. The number of hydrazine groups is 1. The Balaban J connectivity index is 1.94. The lowest BCUT2D eigenvalue weighted by atomic mass is 10.2. The van der Waals surface area contributed by atoms with Crippen molar-refractivity contribution in [1.29, 1.82) is 0 Å². The Morgan fingerprint density at radius 2 is 2.24 bits per heavy atom. The fourth-order valence-electron chi connectivity index (χ4n) is 1.81. The molecule has 0 aliphatic carbocycles. The normalized spacial score (nSPS) is 18.9. The fraction of sp³-hybridized carbons (Fsp3) is 0.636. The highest BCUT2D eigenvalue weighted by Crippen LogP contribution is 2.16. The highest BCUT2D eigenvalue weighted by molar-refractivity contribution is 7.09. The summed E-state index contributed by atoms with van der Waals surface area (Å²) in [5.41, 5.74) is 9.07. The molecule has 5 nitrogen and oxygen atoms in total. The maximum Gasteiger partial charge on any atom is 0.285 e. The monoisotopic (exact) mass is 254 g/mol. The lowest BCUT2D eigenvalue weighted by Gasteiger charge is -2.26. The molecule has 3 N–H and O–H groups in total. The zero-order chi connectivity index (χ0) is 12.3. The van der Waals surface area contributed by atoms with Crippen LogP contribution in [0.3, 0.4) is 0 Å². The molecule has 2 rings (SSSR count). The smallest absolute Gasteiger partial charge is 0.285 e. The molecule has 1 aromatic rings. The van der Waals surface area contributed by atoms with E-state index in [1.165, 1.54) is 17.8 Å². The predicted octanol–water partition coefficient (Wildman–Crippen LogP) is 1.29. The van der Waals surface area contributed by atoms with Crippen LogP contribution in [0.5, 0.6) is 0 Å². The van der Waals surface area contributed by atoms with Crippen molar-refractivity contribution in [2.45, 2.75) is 32.2 Å². The van der Waals surface area contributed by atoms with Gasteiger partial charge in [-0.2, -0.15) is 0 Å². The van der Waals surface area contributed by atoms with Gasteiger partial charge in [0, 0.05) is 18.5 Å². The molecule has 0 spiro atoms. The van der Waals surface area contributed by atoms with Crippen molar-refractivity contribution < 1.29 is 4.79 Å². The number of piperidine rings is 1. The van der Waals surface area contributed by atoms with Crippen LogP contribution in [0.2, 0.25) is 0 Å². The van der Waals surface area contributed by atoms with Crippen LogP contribution in [0.25, 0.3) is 0 Å². The minimum atomic E-state index is -0.130. The molecule has 1 aliphatic rings. The molecule has 0 radical (unpaired) electrons. The molecule has 1 aromatic heterocycles. The minimum Gasteiger partial charge on any atom is -0.322 e. The van der Waals surface area contributed by atoms with Crippen molar-refractivity contribution in [3.63, 3.8) is 0 Å². The van der Waals surface area contributed by atoms with Crippen molar-refractivity contribution in [3.05, 3.63) is 16.1 Å². The number of aromatic nitrogens is 1. The van der Waals surface area contributed by atoms with E-state index in [0.29, 0.717) is 5.69 Å². The molecule has 2 heterocycles. The Morgan fingerprint density at radius 1 is 1.53 bits per heavy atom. The lowest BCUT2D eigenvalue weighted by molar-refractivity contribution is 0.0745. The Hall–Kier alpha value is -0.980. The first-order valence-corrected chi connectivity index (χ1v) is 6.81. The van der Waals surface area contributed by atoms with Crippen LogP contribution in [-0.2, 0) is 0 Å². The molecule has 0 saturated carbocycles. The van der Waals surface area contributed by atoms with E-state index >= 15 is 0 Å². The molecule has 1 saturated heterocycles. The van der Waals surface area contributed by atoms with Crippen LogP contribution < -0.4 is 11.2 Å². The maximum absolute atomic E-state index is 11.9. The average Bonchev–Trinajstić information content (AvgIpc) is 2.79. The molecular formula is C11H18N4OS. The molecule has 1 fully saturated rings. The summed E-state index contributed by atoms with van der Waals surface area (Å²) >= 11 is 1.43. The maximum atomic E-state index is 11.9. The Morgan fingerprint density at radius 3 is 2.82 bits per heavy atom. The molecule has 1 aliphatic heterocycles. The first-order chi connectivity index (χ1) is 8.16. The summed E-state index contributed by atoms with van der Waals surface area (Å²) in [6, 6.07) is -0.114. The van der Waals surface area contributed by atoms with E-state index in [9.17, 15) is 4.79 Å². The second kappa shape index (κ2) is 5.57. The molecule has 6 heteroatoms. The van der Waals surface area contributed by atoms with Gasteiger partial charge >= 0.3 is 0 Å². The van der Waals surface area contributed by atoms with E-state index in [0.717, 1.165) is 30.9 Å². The second-order valence-electron chi connectivity index (χ2n) is 4.35. The minimum absolute atomic E-state index is 0.114. The van der Waals surface area contributed by atoms with E-state index in [-0.39, 0.29) is 11.9 Å². The predicted molar refractivity (Wildman–Crippen MR) is 67.6 cm³/mol. The number of nitrogens with two attached hydrogens (primary N) is 1. The summed E-state index contributed by atoms with van der Waals surface area (Å²) in [6.07, 6.45) is 3.53. The van der Waals surface area contributed by atoms with Crippen LogP contribution in [0, 0.1) is 0 Å². The van der Waals surface area contributed by atoms with Crippen LogP contribution in [0.4, 0.5) is 0 Å². The van der Waals surface area contributed by atoms with Gasteiger partial charge in [0.1, 0.15) is 10.7 Å². The summed E-state index contributed by atoms with van der Waals surface area (Å²) in [4.78, 5) is 16.1. The van der Waals surface area contributed by atoms with Crippen LogP contribution in [-0.4, -0.2) is 29.0 Å². The summed E-state index contributed by atoms with van der Waals surface area (Å²) in [6.45, 7) is 3.72. The van der Waals surface area contributed by atoms with Crippen molar-refractivity contribution in [2.24, 2.45) is 5.73 Å². The molecule has 0 bridgehead atoms. The highest BCUT2D eigenvalue weighted by atomic mass is 32.1. The summed E-state index contributed by atoms with van der Waals surface area (Å²) in [5.74, 6) is -0.130. The molecule has 1 unspecified atom stereocenters. The highest BCUT2D eigenvalue weighted by Gasteiger charge is 2.16. The van der Waals surface area contributed by atoms with Gasteiger partial charge in [-0.15, -0.1) is 11.3 Å². The number of carbonyl (C=O) groups excluding carboxylic acids is 1. The zero-order valence-electron chi connectivity index (χ0n) is 9.98.